The van der Waals surface area contributed by atoms with Crippen LogP contribution in [0.5, 0.6) is 0 Å². The van der Waals surface area contributed by atoms with E-state index in [9.17, 15) is 43.5 Å². The first-order chi connectivity index (χ1) is 31.5. The molecular formula is C47H81ClN4O15S. The number of halogens is 1. The van der Waals surface area contributed by atoms with E-state index in [1.54, 1.807) is 48.5 Å². The van der Waals surface area contributed by atoms with Crippen molar-refractivity contribution in [3.05, 3.63) is 29.3 Å². The molecule has 2 amide bonds. The fourth-order valence-corrected chi connectivity index (χ4v) is 11.3. The van der Waals surface area contributed by atoms with Crippen LogP contribution in [0.1, 0.15) is 101 Å². The van der Waals surface area contributed by atoms with Crippen LogP contribution < -0.4 is 10.0 Å². The highest BCUT2D eigenvalue weighted by Crippen LogP contribution is 2.40. The number of amides is 2. The molecular weight excluding hydrogens is 928 g/mol. The molecule has 3 fully saturated rings. The minimum Gasteiger partial charge on any atom is -0.459 e. The molecule has 0 aliphatic carbocycles. The minimum atomic E-state index is -4.19. The minimum absolute atomic E-state index is 0.0216. The van der Waals surface area contributed by atoms with Gasteiger partial charge >= 0.3 is 12.0 Å². The highest BCUT2D eigenvalue weighted by atomic mass is 35.5. The molecule has 68 heavy (non-hydrogen) atoms. The molecule has 392 valence electrons. The number of carbonyl (C=O) groups excluding carboxylic acids is 2. The number of carbonyl (C=O) groups is 2. The van der Waals surface area contributed by atoms with Crippen LogP contribution >= 0.6 is 11.6 Å². The van der Waals surface area contributed by atoms with E-state index in [2.05, 4.69) is 5.32 Å². The summed E-state index contributed by atoms with van der Waals surface area (Å²) in [7, 11) is 0.988. The van der Waals surface area contributed by atoms with E-state index in [0.29, 0.717) is 11.4 Å². The maximum absolute atomic E-state index is 14.5. The number of rotatable bonds is 13. The van der Waals surface area contributed by atoms with Gasteiger partial charge in [-0.05, 0) is 118 Å². The monoisotopic (exact) mass is 1010 g/mol. The third kappa shape index (κ3) is 14.2. The summed E-state index contributed by atoms with van der Waals surface area (Å²) in [5.41, 5.74) is -4.81. The summed E-state index contributed by atoms with van der Waals surface area (Å²) >= 11 is 5.90. The van der Waals surface area contributed by atoms with Crippen molar-refractivity contribution in [2.75, 3.05) is 40.8 Å². The summed E-state index contributed by atoms with van der Waals surface area (Å²) in [5.74, 6) is -3.11. The first-order valence-electron chi connectivity index (χ1n) is 23.8. The van der Waals surface area contributed by atoms with Crippen LogP contribution in [-0.4, -0.2) is 187 Å². The second-order valence-corrected chi connectivity index (χ2v) is 22.5. The van der Waals surface area contributed by atoms with Gasteiger partial charge in [0.05, 0.1) is 46.4 Å². The number of ether oxygens (including phenoxy) is 6. The number of hydrogen-bond donors (Lipinski definition) is 7. The fourth-order valence-electron chi connectivity index (χ4n) is 10.2. The largest absolute Gasteiger partial charge is 0.459 e. The molecule has 1 aromatic rings. The summed E-state index contributed by atoms with van der Waals surface area (Å²) < 4.78 is 65.5. The zero-order valence-corrected chi connectivity index (χ0v) is 43.7. The number of hydrogen-bond acceptors (Lipinski definition) is 17. The molecule has 19 nitrogen and oxygen atoms in total. The lowest BCUT2D eigenvalue weighted by Crippen LogP contribution is -2.60. The molecule has 3 heterocycles. The number of likely N-dealkylation sites (N-methyl/N-ethyl adjacent to an activating group) is 1. The van der Waals surface area contributed by atoms with Gasteiger partial charge in [0.1, 0.15) is 30.0 Å². The molecule has 4 rings (SSSR count). The smallest absolute Gasteiger partial charge is 0.328 e. The number of urea groups is 1. The third-order valence-electron chi connectivity index (χ3n) is 14.3. The molecule has 0 bridgehead atoms. The molecule has 3 saturated heterocycles. The summed E-state index contributed by atoms with van der Waals surface area (Å²) in [6.07, 6.45) is -9.41. The zero-order valence-electron chi connectivity index (χ0n) is 42.1. The van der Waals surface area contributed by atoms with Crippen molar-refractivity contribution in [2.45, 2.75) is 197 Å². The Morgan fingerprint density at radius 3 is 2.19 bits per heavy atom. The Kier molecular flexibility index (Phi) is 20.5. The van der Waals surface area contributed by atoms with Gasteiger partial charge in [0.15, 0.2) is 12.6 Å². The number of nitrogens with one attached hydrogen (secondary N) is 2. The standard InChI is InChI=1S/C47H81ClN4O15S/c1-14-35-47(10,59)39(54)30(6)52(21-15-20-49-44(57)50-68(60,61)33-18-16-32(48)17-19-33)25-26(2)23-45(8,58)41(67-43-37(53)34(51(11)12)22-27(3)63-43)28(4)38(29(5)42(56)65-35)66-36-24-46(9,62-13)40(55)31(7)64-36/h16-19,26-31,34-41,43,53-55,58-59H,14-15,20-25H2,1-13H3,(H2,49,50,57)/t26-,27-,28+,29-,30-,31+,34+,35-,36+,37-,38+,39-,40+,41-,43+,45-,46-,47-/m1/s1. The maximum Gasteiger partial charge on any atom is 0.328 e. The Morgan fingerprint density at radius 1 is 0.971 bits per heavy atom. The van der Waals surface area contributed by atoms with Gasteiger partial charge in [0, 0.05) is 56.2 Å². The van der Waals surface area contributed by atoms with Crippen molar-refractivity contribution in [1.29, 1.82) is 0 Å². The molecule has 0 radical (unpaired) electrons. The highest BCUT2D eigenvalue weighted by molar-refractivity contribution is 7.90. The van der Waals surface area contributed by atoms with Crippen molar-refractivity contribution in [2.24, 2.45) is 17.8 Å². The average molecular weight is 1010 g/mol. The van der Waals surface area contributed by atoms with Gasteiger partial charge in [-0.1, -0.05) is 32.4 Å². The number of esters is 1. The van der Waals surface area contributed by atoms with Crippen molar-refractivity contribution < 1.29 is 72.0 Å². The maximum atomic E-state index is 14.5. The van der Waals surface area contributed by atoms with Gasteiger partial charge in [-0.25, -0.2) is 17.9 Å². The zero-order chi connectivity index (χ0) is 51.3. The second kappa shape index (κ2) is 24.0. The van der Waals surface area contributed by atoms with E-state index in [4.69, 9.17) is 40.0 Å². The van der Waals surface area contributed by atoms with Gasteiger partial charge in [-0.15, -0.1) is 0 Å². The van der Waals surface area contributed by atoms with E-state index in [1.165, 1.54) is 38.3 Å². The number of methoxy groups -OCH3 is 1. The Balaban J connectivity index is 1.72. The first kappa shape index (κ1) is 58.3. The summed E-state index contributed by atoms with van der Waals surface area (Å²) in [6, 6.07) is 3.25. The van der Waals surface area contributed by atoms with E-state index >= 15 is 0 Å². The van der Waals surface area contributed by atoms with Crippen LogP contribution in [0.25, 0.3) is 0 Å². The van der Waals surface area contributed by atoms with Gasteiger partial charge < -0.3 is 64.2 Å². The summed E-state index contributed by atoms with van der Waals surface area (Å²) in [6.45, 7) is 17.5. The van der Waals surface area contributed by atoms with Crippen LogP contribution in [-0.2, 0) is 43.2 Å². The lowest BCUT2D eigenvalue weighted by Gasteiger charge is -2.48. The lowest BCUT2D eigenvalue weighted by atomic mass is 9.77. The summed E-state index contributed by atoms with van der Waals surface area (Å²) in [5, 5.41) is 62.7. The van der Waals surface area contributed by atoms with Crippen molar-refractivity contribution in [1.82, 2.24) is 19.8 Å². The molecule has 0 saturated carbocycles. The number of cyclic esters (lactones) is 1. The molecule has 0 spiro atoms. The van der Waals surface area contributed by atoms with Crippen LogP contribution in [0.3, 0.4) is 0 Å². The molecule has 0 aromatic heterocycles. The lowest BCUT2D eigenvalue weighted by molar-refractivity contribution is -0.318. The molecule has 1 aromatic carbocycles. The SMILES string of the molecule is CC[C@H]1OC(=O)[C@H](C)[C@@H](O[C@H]2C[C@@](C)(OC)[C@@H](O)[C@H](C)O2)[C@H](C)[C@@H](O[C@@H]2O[C@H](C)C[C@H](N(C)C)[C@H]2O)[C@](C)(O)C[C@@H](C)CN(CCCNC(=O)NS(=O)(=O)c2ccc(Cl)cc2)[C@H](C)[C@@H](O)[C@]1(C)O. The van der Waals surface area contributed by atoms with Crippen LogP contribution in [0, 0.1) is 17.8 Å². The number of benzene rings is 1. The van der Waals surface area contributed by atoms with E-state index in [-0.39, 0.29) is 68.3 Å². The Labute approximate surface area is 408 Å². The van der Waals surface area contributed by atoms with E-state index in [0.717, 1.165) is 0 Å². The quantitative estimate of drug-likeness (QED) is 0.111. The van der Waals surface area contributed by atoms with Crippen LogP contribution in [0.4, 0.5) is 4.79 Å². The number of nitrogens with zero attached hydrogens (tertiary/aromatic N) is 2. The van der Waals surface area contributed by atoms with E-state index in [1.807, 2.05) is 42.5 Å². The number of aliphatic hydroxyl groups is 5. The normalized spacial score (nSPS) is 40.8. The molecule has 3 aliphatic heterocycles. The van der Waals surface area contributed by atoms with Crippen molar-refractivity contribution in [3.63, 3.8) is 0 Å². The number of sulfonamides is 1. The Bertz CT molecular complexity index is 1900. The average Bonchev–Trinajstić information content (AvgIpc) is 3.25. The first-order valence-corrected chi connectivity index (χ1v) is 25.7. The molecule has 0 unspecified atom stereocenters. The molecule has 7 N–H and O–H groups in total. The Morgan fingerprint density at radius 2 is 1.60 bits per heavy atom. The predicted molar refractivity (Wildman–Crippen MR) is 253 cm³/mol. The molecule has 18 atom stereocenters. The topological polar surface area (TPSA) is 255 Å². The number of aliphatic hydroxyl groups excluding tert-OH is 3. The second-order valence-electron chi connectivity index (χ2n) is 20.4. The predicted octanol–water partition coefficient (Wildman–Crippen LogP) is 3.00. The van der Waals surface area contributed by atoms with Gasteiger partial charge in [0.25, 0.3) is 10.0 Å². The van der Waals surface area contributed by atoms with Gasteiger partial charge in [0.2, 0.25) is 0 Å². The van der Waals surface area contributed by atoms with Crippen LogP contribution in [0.2, 0.25) is 5.02 Å². The fraction of sp³-hybridized carbons (Fsp3) is 0.830. The van der Waals surface area contributed by atoms with Gasteiger partial charge in [-0.2, -0.15) is 0 Å². The summed E-state index contributed by atoms with van der Waals surface area (Å²) in [4.78, 5) is 30.9. The highest BCUT2D eigenvalue weighted by Gasteiger charge is 2.53. The van der Waals surface area contributed by atoms with Crippen molar-refractivity contribution >= 4 is 33.6 Å². The Hall–Kier alpha value is -2.28. The van der Waals surface area contributed by atoms with E-state index < -0.39 is 112 Å². The molecule has 3 aliphatic rings. The third-order valence-corrected chi connectivity index (χ3v) is 15.9. The van der Waals surface area contributed by atoms with Gasteiger partial charge in [-0.3, -0.25) is 9.69 Å². The van der Waals surface area contributed by atoms with Crippen molar-refractivity contribution in [3.8, 4) is 0 Å². The molecule has 21 heteroatoms. The van der Waals surface area contributed by atoms with Crippen LogP contribution in [0.15, 0.2) is 29.2 Å².